The molecule has 0 bridgehead atoms. The summed E-state index contributed by atoms with van der Waals surface area (Å²) in [6.45, 7) is 0.668. The predicted octanol–water partition coefficient (Wildman–Crippen LogP) is 3.06. The quantitative estimate of drug-likeness (QED) is 0.806. The van der Waals surface area contributed by atoms with Crippen LogP contribution in [0.2, 0.25) is 0 Å². The molecular weight excluding hydrogens is 358 g/mol. The molecule has 28 heavy (non-hydrogen) atoms. The van der Waals surface area contributed by atoms with Crippen LogP contribution in [0, 0.1) is 0 Å². The molecule has 0 fully saturated rings. The van der Waals surface area contributed by atoms with Gasteiger partial charge in [-0.25, -0.2) is 0 Å². The van der Waals surface area contributed by atoms with Gasteiger partial charge in [-0.05, 0) is 54.5 Å². The van der Waals surface area contributed by atoms with Crippen molar-refractivity contribution in [3.63, 3.8) is 0 Å². The summed E-state index contributed by atoms with van der Waals surface area (Å²) in [6, 6.07) is 11.3. The molecule has 1 aliphatic heterocycles. The maximum Gasteiger partial charge on any atom is 0.310 e. The number of anilines is 1. The summed E-state index contributed by atoms with van der Waals surface area (Å²) in [4.78, 5) is 24.2. The van der Waals surface area contributed by atoms with Crippen LogP contribution < -0.4 is 14.8 Å². The molecule has 146 valence electrons. The van der Waals surface area contributed by atoms with Gasteiger partial charge in [-0.1, -0.05) is 18.2 Å². The molecule has 2 aromatic rings. The summed E-state index contributed by atoms with van der Waals surface area (Å²) in [6.07, 6.45) is 4.77. The van der Waals surface area contributed by atoms with Crippen molar-refractivity contribution in [2.24, 2.45) is 0 Å². The minimum absolute atomic E-state index is 0.171. The van der Waals surface area contributed by atoms with E-state index in [1.807, 2.05) is 6.07 Å². The summed E-state index contributed by atoms with van der Waals surface area (Å²) in [7, 11) is 0. The van der Waals surface area contributed by atoms with Gasteiger partial charge in [0.15, 0.2) is 18.1 Å². The molecule has 2 aliphatic rings. The van der Waals surface area contributed by atoms with Gasteiger partial charge in [0, 0.05) is 11.8 Å². The van der Waals surface area contributed by atoms with Gasteiger partial charge in [0.1, 0.15) is 13.2 Å². The van der Waals surface area contributed by atoms with Crippen LogP contribution in [-0.2, 0) is 33.6 Å². The zero-order valence-corrected chi connectivity index (χ0v) is 15.7. The van der Waals surface area contributed by atoms with E-state index in [4.69, 9.17) is 14.2 Å². The highest BCUT2D eigenvalue weighted by Crippen LogP contribution is 2.32. The van der Waals surface area contributed by atoms with Gasteiger partial charge in [-0.2, -0.15) is 0 Å². The van der Waals surface area contributed by atoms with E-state index < -0.39 is 11.9 Å². The van der Waals surface area contributed by atoms with Crippen LogP contribution in [0.3, 0.4) is 0 Å². The predicted molar refractivity (Wildman–Crippen MR) is 104 cm³/mol. The van der Waals surface area contributed by atoms with E-state index in [9.17, 15) is 9.59 Å². The Morgan fingerprint density at radius 2 is 1.71 bits per heavy atom. The molecule has 1 amide bonds. The molecule has 2 aromatic carbocycles. The highest BCUT2D eigenvalue weighted by Gasteiger charge is 2.15. The molecule has 6 heteroatoms. The molecule has 0 unspecified atom stereocenters. The summed E-state index contributed by atoms with van der Waals surface area (Å²) in [5.41, 5.74) is 4.20. The Balaban J connectivity index is 1.27. The van der Waals surface area contributed by atoms with Crippen molar-refractivity contribution in [1.29, 1.82) is 0 Å². The van der Waals surface area contributed by atoms with Crippen LogP contribution in [0.25, 0.3) is 0 Å². The third kappa shape index (κ3) is 4.44. The van der Waals surface area contributed by atoms with Crippen molar-refractivity contribution in [1.82, 2.24) is 0 Å². The Morgan fingerprint density at radius 3 is 2.57 bits per heavy atom. The van der Waals surface area contributed by atoms with E-state index in [1.54, 1.807) is 18.2 Å². The van der Waals surface area contributed by atoms with Gasteiger partial charge in [0.25, 0.3) is 5.91 Å². The average Bonchev–Trinajstić information content (AvgIpc) is 2.72. The second-order valence-corrected chi connectivity index (χ2v) is 7.05. The molecular formula is C22H23NO5. The highest BCUT2D eigenvalue weighted by molar-refractivity contribution is 5.93. The Labute approximate surface area is 163 Å². The zero-order valence-electron chi connectivity index (χ0n) is 15.7. The second kappa shape index (κ2) is 8.33. The Kier molecular flexibility index (Phi) is 5.46. The maximum atomic E-state index is 12.1. The van der Waals surface area contributed by atoms with Crippen molar-refractivity contribution in [3.05, 3.63) is 53.1 Å². The number of rotatable bonds is 5. The van der Waals surface area contributed by atoms with Gasteiger partial charge < -0.3 is 19.5 Å². The highest BCUT2D eigenvalue weighted by atomic mass is 16.6. The number of benzene rings is 2. The smallest absolute Gasteiger partial charge is 0.310 e. The first-order valence-electron chi connectivity index (χ1n) is 9.63. The van der Waals surface area contributed by atoms with E-state index in [-0.39, 0.29) is 13.0 Å². The van der Waals surface area contributed by atoms with Gasteiger partial charge in [0.05, 0.1) is 6.42 Å². The van der Waals surface area contributed by atoms with E-state index in [0.29, 0.717) is 30.4 Å². The standard InChI is InChI=1S/C22H23NO5/c24-21(23-18-7-8-19-20(13-18)27-10-9-26-19)14-28-22(25)12-15-5-6-16-3-1-2-4-17(16)11-15/h5-8,11,13H,1-4,9-10,12,14H2,(H,23,24). The minimum atomic E-state index is -0.409. The molecule has 0 saturated carbocycles. The van der Waals surface area contributed by atoms with Crippen LogP contribution in [0.15, 0.2) is 36.4 Å². The molecule has 0 atom stereocenters. The summed E-state index contributed by atoms with van der Waals surface area (Å²) < 4.78 is 16.1. The molecule has 1 aliphatic carbocycles. The van der Waals surface area contributed by atoms with Gasteiger partial charge >= 0.3 is 5.97 Å². The number of hydrogen-bond acceptors (Lipinski definition) is 5. The molecule has 0 spiro atoms. The van der Waals surface area contributed by atoms with Gasteiger partial charge in [-0.15, -0.1) is 0 Å². The fourth-order valence-electron chi connectivity index (χ4n) is 3.58. The van der Waals surface area contributed by atoms with Crippen molar-refractivity contribution < 1.29 is 23.8 Å². The van der Waals surface area contributed by atoms with Gasteiger partial charge in [-0.3, -0.25) is 9.59 Å². The monoisotopic (exact) mass is 381 g/mol. The van der Waals surface area contributed by atoms with Crippen molar-refractivity contribution in [2.45, 2.75) is 32.1 Å². The average molecular weight is 381 g/mol. The topological polar surface area (TPSA) is 73.9 Å². The molecule has 1 N–H and O–H groups in total. The van der Waals surface area contributed by atoms with Crippen LogP contribution in [0.1, 0.15) is 29.5 Å². The van der Waals surface area contributed by atoms with Crippen molar-refractivity contribution in [3.8, 4) is 11.5 Å². The maximum absolute atomic E-state index is 12.1. The fourth-order valence-corrected chi connectivity index (χ4v) is 3.58. The second-order valence-electron chi connectivity index (χ2n) is 7.05. The largest absolute Gasteiger partial charge is 0.486 e. The molecule has 0 saturated heterocycles. The lowest BCUT2D eigenvalue weighted by atomic mass is 9.90. The lowest BCUT2D eigenvalue weighted by Gasteiger charge is -2.19. The first kappa shape index (κ1) is 18.3. The fraction of sp³-hybridized carbons (Fsp3) is 0.364. The van der Waals surface area contributed by atoms with Crippen molar-refractivity contribution >= 4 is 17.6 Å². The number of carbonyl (C=O) groups excluding carboxylic acids is 2. The number of hydrogen-bond donors (Lipinski definition) is 1. The lowest BCUT2D eigenvalue weighted by molar-refractivity contribution is -0.146. The number of esters is 1. The first-order valence-corrected chi connectivity index (χ1v) is 9.63. The SMILES string of the molecule is O=C(COC(=O)Cc1ccc2c(c1)CCCC2)Nc1ccc2c(c1)OCCO2. The van der Waals surface area contributed by atoms with E-state index in [1.165, 1.54) is 24.0 Å². The number of nitrogens with one attached hydrogen (secondary N) is 1. The number of carbonyl (C=O) groups is 2. The zero-order chi connectivity index (χ0) is 19.3. The third-order valence-corrected chi connectivity index (χ3v) is 4.95. The van der Waals surface area contributed by atoms with E-state index in [2.05, 4.69) is 17.4 Å². The molecule has 1 heterocycles. The van der Waals surface area contributed by atoms with Crippen LogP contribution in [-0.4, -0.2) is 31.7 Å². The summed E-state index contributed by atoms with van der Waals surface area (Å²) in [5.74, 6) is 0.442. The van der Waals surface area contributed by atoms with E-state index in [0.717, 1.165) is 18.4 Å². The summed E-state index contributed by atoms with van der Waals surface area (Å²) >= 11 is 0. The molecule has 6 nitrogen and oxygen atoms in total. The molecule has 0 radical (unpaired) electrons. The number of ether oxygens (including phenoxy) is 3. The first-order chi connectivity index (χ1) is 13.7. The normalized spacial score (nSPS) is 14.7. The number of amides is 1. The lowest BCUT2D eigenvalue weighted by Crippen LogP contribution is -2.22. The van der Waals surface area contributed by atoms with Crippen molar-refractivity contribution in [2.75, 3.05) is 25.1 Å². The Hall–Kier alpha value is -3.02. The molecule has 4 rings (SSSR count). The third-order valence-electron chi connectivity index (χ3n) is 4.95. The van der Waals surface area contributed by atoms with Crippen LogP contribution >= 0.6 is 0 Å². The van der Waals surface area contributed by atoms with Gasteiger partial charge in [0.2, 0.25) is 0 Å². The van der Waals surface area contributed by atoms with E-state index >= 15 is 0 Å². The van der Waals surface area contributed by atoms with Crippen LogP contribution in [0.4, 0.5) is 5.69 Å². The number of aryl methyl sites for hydroxylation is 2. The van der Waals surface area contributed by atoms with Crippen LogP contribution in [0.5, 0.6) is 11.5 Å². The Morgan fingerprint density at radius 1 is 0.929 bits per heavy atom. The minimum Gasteiger partial charge on any atom is -0.486 e. The number of fused-ring (bicyclic) bond motifs is 2. The molecule has 0 aromatic heterocycles. The Bertz CT molecular complexity index is 819. The summed E-state index contributed by atoms with van der Waals surface area (Å²) in [5, 5.41) is 2.70.